The van der Waals surface area contributed by atoms with Crippen molar-refractivity contribution in [3.05, 3.63) is 62.4 Å². The van der Waals surface area contributed by atoms with E-state index < -0.39 is 0 Å². The van der Waals surface area contributed by atoms with Gasteiger partial charge in [-0.05, 0) is 42.3 Å². The molecule has 3 nitrogen and oxygen atoms in total. The highest BCUT2D eigenvalue weighted by molar-refractivity contribution is 6.32. The van der Waals surface area contributed by atoms with Crippen LogP contribution in [-0.4, -0.2) is 10.1 Å². The number of aryl methyl sites for hydroxylation is 1. The normalized spacial score (nSPS) is 11.0. The summed E-state index contributed by atoms with van der Waals surface area (Å²) >= 11 is 11.9. The maximum absolute atomic E-state index is 12.2. The standard InChI is InChI=1S/C16H11Cl2NO2/c1-8-6-11-13(7-12(8)18)19-16(21)14(15(11)20)9-2-4-10(17)5-3-9/h2-7H,1H3,(H2,19,20,21). The first-order chi connectivity index (χ1) is 9.97. The molecule has 0 aliphatic carbocycles. The largest absolute Gasteiger partial charge is 0.506 e. The maximum atomic E-state index is 12.2. The fourth-order valence-corrected chi connectivity index (χ4v) is 2.58. The summed E-state index contributed by atoms with van der Waals surface area (Å²) < 4.78 is 0. The molecule has 1 aromatic heterocycles. The number of aromatic hydroxyl groups is 1. The molecule has 2 aromatic carbocycles. The number of aromatic amines is 1. The zero-order chi connectivity index (χ0) is 15.1. The molecular weight excluding hydrogens is 309 g/mol. The topological polar surface area (TPSA) is 53.1 Å². The quantitative estimate of drug-likeness (QED) is 0.693. The lowest BCUT2D eigenvalue weighted by Gasteiger charge is -2.09. The van der Waals surface area contributed by atoms with Crippen molar-refractivity contribution in [2.75, 3.05) is 0 Å². The third-order valence-electron chi connectivity index (χ3n) is 3.40. The van der Waals surface area contributed by atoms with Crippen LogP contribution >= 0.6 is 23.2 Å². The van der Waals surface area contributed by atoms with Gasteiger partial charge in [0.2, 0.25) is 0 Å². The van der Waals surface area contributed by atoms with Crippen LogP contribution in [0.1, 0.15) is 5.56 Å². The molecule has 0 saturated heterocycles. The van der Waals surface area contributed by atoms with Crippen LogP contribution in [0.3, 0.4) is 0 Å². The molecule has 0 bridgehead atoms. The van der Waals surface area contributed by atoms with Gasteiger partial charge in [-0.15, -0.1) is 0 Å². The molecule has 0 radical (unpaired) electrons. The summed E-state index contributed by atoms with van der Waals surface area (Å²) in [6, 6.07) is 10.1. The molecule has 0 aliphatic heterocycles. The summed E-state index contributed by atoms with van der Waals surface area (Å²) in [5, 5.41) is 12.1. The average molecular weight is 320 g/mol. The third kappa shape index (κ3) is 2.39. The van der Waals surface area contributed by atoms with Crippen molar-refractivity contribution in [1.82, 2.24) is 4.98 Å². The third-order valence-corrected chi connectivity index (χ3v) is 4.06. The van der Waals surface area contributed by atoms with Gasteiger partial charge in [0, 0.05) is 15.4 Å². The molecule has 0 spiro atoms. The van der Waals surface area contributed by atoms with E-state index in [-0.39, 0.29) is 16.9 Å². The number of pyridine rings is 1. The summed E-state index contributed by atoms with van der Waals surface area (Å²) in [6.07, 6.45) is 0. The Bertz CT molecular complexity index is 899. The Kier molecular flexibility index (Phi) is 3.40. The first-order valence-electron chi connectivity index (χ1n) is 6.28. The highest BCUT2D eigenvalue weighted by Crippen LogP contribution is 2.34. The molecule has 0 saturated carbocycles. The van der Waals surface area contributed by atoms with E-state index in [0.717, 1.165) is 5.56 Å². The molecule has 0 aliphatic rings. The molecule has 2 N–H and O–H groups in total. The van der Waals surface area contributed by atoms with Crippen molar-refractivity contribution in [2.45, 2.75) is 6.92 Å². The van der Waals surface area contributed by atoms with Gasteiger partial charge in [-0.3, -0.25) is 4.79 Å². The average Bonchev–Trinajstić information content (AvgIpc) is 2.43. The Labute approximate surface area is 130 Å². The van der Waals surface area contributed by atoms with Gasteiger partial charge in [0.15, 0.2) is 0 Å². The molecule has 0 atom stereocenters. The van der Waals surface area contributed by atoms with Crippen LogP contribution in [0.2, 0.25) is 10.0 Å². The molecule has 106 valence electrons. The number of fused-ring (bicyclic) bond motifs is 1. The molecule has 3 aromatic rings. The van der Waals surface area contributed by atoms with E-state index in [1.165, 1.54) is 0 Å². The summed E-state index contributed by atoms with van der Waals surface area (Å²) in [4.78, 5) is 15.0. The van der Waals surface area contributed by atoms with Crippen LogP contribution in [0.15, 0.2) is 41.2 Å². The minimum Gasteiger partial charge on any atom is -0.506 e. The fourth-order valence-electron chi connectivity index (χ4n) is 2.29. The number of benzene rings is 2. The van der Waals surface area contributed by atoms with Gasteiger partial charge in [-0.1, -0.05) is 35.3 Å². The molecule has 5 heteroatoms. The lowest BCUT2D eigenvalue weighted by atomic mass is 10.0. The van der Waals surface area contributed by atoms with Crippen LogP contribution in [0.25, 0.3) is 22.0 Å². The second-order valence-electron chi connectivity index (χ2n) is 4.83. The van der Waals surface area contributed by atoms with Gasteiger partial charge in [-0.25, -0.2) is 0 Å². The summed E-state index contributed by atoms with van der Waals surface area (Å²) in [7, 11) is 0. The van der Waals surface area contributed by atoms with Crippen LogP contribution in [0.4, 0.5) is 0 Å². The zero-order valence-electron chi connectivity index (χ0n) is 11.1. The van der Waals surface area contributed by atoms with Crippen LogP contribution < -0.4 is 5.56 Å². The second kappa shape index (κ2) is 5.10. The molecule has 1 heterocycles. The Morgan fingerprint density at radius 2 is 1.76 bits per heavy atom. The smallest absolute Gasteiger partial charge is 0.260 e. The van der Waals surface area contributed by atoms with Crippen molar-refractivity contribution < 1.29 is 5.11 Å². The number of rotatable bonds is 1. The van der Waals surface area contributed by atoms with Crippen LogP contribution in [0, 0.1) is 6.92 Å². The van der Waals surface area contributed by atoms with Crippen molar-refractivity contribution in [3.63, 3.8) is 0 Å². The maximum Gasteiger partial charge on any atom is 0.260 e. The Hall–Kier alpha value is -1.97. The van der Waals surface area contributed by atoms with Crippen molar-refractivity contribution in [2.24, 2.45) is 0 Å². The van der Waals surface area contributed by atoms with Gasteiger partial charge in [0.05, 0.1) is 11.1 Å². The zero-order valence-corrected chi connectivity index (χ0v) is 12.6. The lowest BCUT2D eigenvalue weighted by molar-refractivity contribution is 0.482. The van der Waals surface area contributed by atoms with Gasteiger partial charge < -0.3 is 10.1 Å². The first kappa shape index (κ1) is 14.0. The van der Waals surface area contributed by atoms with Crippen LogP contribution in [0.5, 0.6) is 5.75 Å². The summed E-state index contributed by atoms with van der Waals surface area (Å²) in [6.45, 7) is 1.84. The Morgan fingerprint density at radius 3 is 2.43 bits per heavy atom. The molecule has 21 heavy (non-hydrogen) atoms. The lowest BCUT2D eigenvalue weighted by Crippen LogP contribution is -2.09. The number of hydrogen-bond donors (Lipinski definition) is 2. The second-order valence-corrected chi connectivity index (χ2v) is 5.68. The van der Waals surface area contributed by atoms with E-state index in [0.29, 0.717) is 26.5 Å². The Balaban J connectivity index is 2.36. The van der Waals surface area contributed by atoms with E-state index in [4.69, 9.17) is 23.2 Å². The van der Waals surface area contributed by atoms with E-state index in [9.17, 15) is 9.90 Å². The number of halogens is 2. The predicted octanol–water partition coefficient (Wildman–Crippen LogP) is 4.52. The first-order valence-corrected chi connectivity index (χ1v) is 7.04. The van der Waals surface area contributed by atoms with Crippen LogP contribution in [-0.2, 0) is 0 Å². The molecule has 0 fully saturated rings. The highest BCUT2D eigenvalue weighted by Gasteiger charge is 2.14. The minimum atomic E-state index is -0.373. The van der Waals surface area contributed by atoms with E-state index in [1.54, 1.807) is 36.4 Å². The predicted molar refractivity (Wildman–Crippen MR) is 86.4 cm³/mol. The summed E-state index contributed by atoms with van der Waals surface area (Å²) in [5.41, 5.74) is 1.79. The van der Waals surface area contributed by atoms with Gasteiger partial charge in [-0.2, -0.15) is 0 Å². The van der Waals surface area contributed by atoms with Gasteiger partial charge in [0.1, 0.15) is 5.75 Å². The number of hydrogen-bond acceptors (Lipinski definition) is 2. The van der Waals surface area contributed by atoms with Gasteiger partial charge in [0.25, 0.3) is 5.56 Å². The van der Waals surface area contributed by atoms with Crippen molar-refractivity contribution in [3.8, 4) is 16.9 Å². The van der Waals surface area contributed by atoms with Crippen molar-refractivity contribution in [1.29, 1.82) is 0 Å². The number of nitrogens with one attached hydrogen (secondary N) is 1. The highest BCUT2D eigenvalue weighted by atomic mass is 35.5. The minimum absolute atomic E-state index is 0.0594. The molecule has 0 unspecified atom stereocenters. The van der Waals surface area contributed by atoms with E-state index in [2.05, 4.69) is 4.98 Å². The molecule has 0 amide bonds. The SMILES string of the molecule is Cc1cc2c(O)c(-c3ccc(Cl)cc3)c(=O)[nH]c2cc1Cl. The molecular formula is C16H11Cl2NO2. The van der Waals surface area contributed by atoms with Crippen molar-refractivity contribution >= 4 is 34.1 Å². The van der Waals surface area contributed by atoms with E-state index in [1.807, 2.05) is 6.92 Å². The Morgan fingerprint density at radius 1 is 1.10 bits per heavy atom. The number of aromatic nitrogens is 1. The van der Waals surface area contributed by atoms with Gasteiger partial charge >= 0.3 is 0 Å². The monoisotopic (exact) mass is 319 g/mol. The fraction of sp³-hybridized carbons (Fsp3) is 0.0625. The number of H-pyrrole nitrogens is 1. The molecule has 3 rings (SSSR count). The summed E-state index contributed by atoms with van der Waals surface area (Å²) in [5.74, 6) is -0.0594. The van der Waals surface area contributed by atoms with E-state index >= 15 is 0 Å².